The average molecular weight is 284 g/mol. The molecule has 0 aliphatic rings. The molecule has 0 amide bonds. The molecule has 2 nitrogen and oxygen atoms in total. The normalized spacial score (nSPS) is 10.7. The minimum absolute atomic E-state index is 0.221. The van der Waals surface area contributed by atoms with Gasteiger partial charge in [0.05, 0.1) is 5.69 Å². The van der Waals surface area contributed by atoms with E-state index in [4.69, 9.17) is 5.73 Å². The van der Waals surface area contributed by atoms with Crippen LogP contribution >= 0.6 is 11.3 Å². The van der Waals surface area contributed by atoms with Gasteiger partial charge in [-0.2, -0.15) is 0 Å². The summed E-state index contributed by atoms with van der Waals surface area (Å²) in [5, 5.41) is 0.537. The summed E-state index contributed by atoms with van der Waals surface area (Å²) in [5.74, 6) is -0.221. The van der Waals surface area contributed by atoms with Crippen LogP contribution in [0, 0.1) is 5.82 Å². The highest BCUT2D eigenvalue weighted by atomic mass is 32.1. The lowest BCUT2D eigenvalue weighted by molar-refractivity contribution is 0.626. The van der Waals surface area contributed by atoms with Crippen LogP contribution in [0.3, 0.4) is 0 Å². The molecule has 0 atom stereocenters. The van der Waals surface area contributed by atoms with Crippen LogP contribution in [0.1, 0.15) is 10.4 Å². The topological polar surface area (TPSA) is 38.9 Å². The minimum Gasteiger partial charge on any atom is -0.375 e. The summed E-state index contributed by atoms with van der Waals surface area (Å²) in [5.41, 5.74) is 8.68. The van der Waals surface area contributed by atoms with Crippen molar-refractivity contribution >= 4 is 16.5 Å². The molecule has 0 unspecified atom stereocenters. The van der Waals surface area contributed by atoms with Gasteiger partial charge in [-0.3, -0.25) is 0 Å². The Kier molecular flexibility index (Phi) is 3.48. The summed E-state index contributed by atoms with van der Waals surface area (Å²) in [6.07, 6.45) is 0.636. The van der Waals surface area contributed by atoms with Crippen molar-refractivity contribution in [2.75, 3.05) is 5.73 Å². The van der Waals surface area contributed by atoms with Gasteiger partial charge in [-0.1, -0.05) is 42.5 Å². The monoisotopic (exact) mass is 284 g/mol. The van der Waals surface area contributed by atoms with E-state index < -0.39 is 0 Å². The highest BCUT2D eigenvalue weighted by molar-refractivity contribution is 7.15. The van der Waals surface area contributed by atoms with Crippen molar-refractivity contribution < 1.29 is 4.39 Å². The number of halogens is 1. The van der Waals surface area contributed by atoms with E-state index in [2.05, 4.69) is 4.98 Å². The molecule has 0 spiro atoms. The second kappa shape index (κ2) is 5.43. The van der Waals surface area contributed by atoms with E-state index in [0.717, 1.165) is 21.7 Å². The number of anilines is 1. The molecule has 1 heterocycles. The predicted molar refractivity (Wildman–Crippen MR) is 81.2 cm³/mol. The summed E-state index contributed by atoms with van der Waals surface area (Å²) in [6.45, 7) is 0. The van der Waals surface area contributed by atoms with Crippen LogP contribution in [-0.4, -0.2) is 4.98 Å². The minimum atomic E-state index is -0.221. The van der Waals surface area contributed by atoms with Crippen LogP contribution in [0.15, 0.2) is 54.6 Å². The maximum absolute atomic E-state index is 13.3. The van der Waals surface area contributed by atoms with Gasteiger partial charge in [0, 0.05) is 16.9 Å². The third-order valence-corrected chi connectivity index (χ3v) is 3.90. The largest absolute Gasteiger partial charge is 0.375 e. The molecular formula is C16H13FN2S. The highest BCUT2D eigenvalue weighted by Gasteiger charge is 2.12. The molecule has 0 bridgehead atoms. The van der Waals surface area contributed by atoms with Crippen molar-refractivity contribution in [2.45, 2.75) is 6.42 Å². The molecule has 100 valence electrons. The highest BCUT2D eigenvalue weighted by Crippen LogP contribution is 2.31. The van der Waals surface area contributed by atoms with E-state index in [-0.39, 0.29) is 5.82 Å². The van der Waals surface area contributed by atoms with E-state index in [1.807, 2.05) is 36.4 Å². The Morgan fingerprint density at radius 1 is 1.05 bits per heavy atom. The second-order valence-electron chi connectivity index (χ2n) is 4.50. The van der Waals surface area contributed by atoms with Crippen molar-refractivity contribution in [2.24, 2.45) is 0 Å². The quantitative estimate of drug-likeness (QED) is 0.785. The Labute approximate surface area is 120 Å². The number of aromatic nitrogens is 1. The maximum Gasteiger partial charge on any atom is 0.180 e. The molecule has 0 aliphatic carbocycles. The number of hydrogen-bond acceptors (Lipinski definition) is 3. The lowest BCUT2D eigenvalue weighted by Gasteiger charge is -2.03. The zero-order valence-electron chi connectivity index (χ0n) is 10.7. The zero-order chi connectivity index (χ0) is 13.9. The molecule has 4 heteroatoms. The van der Waals surface area contributed by atoms with Gasteiger partial charge in [-0.05, 0) is 17.7 Å². The van der Waals surface area contributed by atoms with E-state index in [9.17, 15) is 4.39 Å². The number of rotatable bonds is 3. The molecule has 0 saturated carbocycles. The zero-order valence-corrected chi connectivity index (χ0v) is 11.5. The molecule has 0 saturated heterocycles. The number of thiazole rings is 1. The first-order valence-electron chi connectivity index (χ1n) is 6.27. The molecule has 1 aromatic heterocycles. The molecule has 2 N–H and O–H groups in total. The average Bonchev–Trinajstić information content (AvgIpc) is 2.80. The van der Waals surface area contributed by atoms with Gasteiger partial charge in [-0.15, -0.1) is 11.3 Å². The molecule has 20 heavy (non-hydrogen) atoms. The van der Waals surface area contributed by atoms with E-state index >= 15 is 0 Å². The van der Waals surface area contributed by atoms with E-state index in [1.165, 1.54) is 17.4 Å². The Balaban J connectivity index is 1.98. The molecule has 3 aromatic rings. The molecule has 0 radical (unpaired) electrons. The van der Waals surface area contributed by atoms with Gasteiger partial charge < -0.3 is 5.73 Å². The number of benzene rings is 2. The first-order valence-corrected chi connectivity index (χ1v) is 7.09. The van der Waals surface area contributed by atoms with Gasteiger partial charge in [0.15, 0.2) is 5.13 Å². The Hall–Kier alpha value is -2.20. The van der Waals surface area contributed by atoms with Crippen LogP contribution in [0.25, 0.3) is 11.3 Å². The lowest BCUT2D eigenvalue weighted by Crippen LogP contribution is -1.90. The fraction of sp³-hybridized carbons (Fsp3) is 0.0625. The number of hydrogen-bond donors (Lipinski definition) is 1. The fourth-order valence-electron chi connectivity index (χ4n) is 2.14. The third kappa shape index (κ3) is 2.70. The van der Waals surface area contributed by atoms with Gasteiger partial charge in [0.25, 0.3) is 0 Å². The lowest BCUT2D eigenvalue weighted by atomic mass is 10.1. The van der Waals surface area contributed by atoms with Crippen molar-refractivity contribution in [3.8, 4) is 11.3 Å². The summed E-state index contributed by atoms with van der Waals surface area (Å²) in [6, 6.07) is 16.5. The summed E-state index contributed by atoms with van der Waals surface area (Å²) < 4.78 is 13.3. The number of nitrogen functional groups attached to an aromatic ring is 1. The second-order valence-corrected chi connectivity index (χ2v) is 5.61. The molecule has 2 aromatic carbocycles. The number of nitrogens with zero attached hydrogens (tertiary/aromatic N) is 1. The van der Waals surface area contributed by atoms with Crippen molar-refractivity contribution in [1.29, 1.82) is 0 Å². The van der Waals surface area contributed by atoms with Gasteiger partial charge >= 0.3 is 0 Å². The van der Waals surface area contributed by atoms with Crippen molar-refractivity contribution in [3.05, 3.63) is 70.9 Å². The van der Waals surface area contributed by atoms with Gasteiger partial charge in [0.1, 0.15) is 5.82 Å². The molecular weight excluding hydrogens is 271 g/mol. The van der Waals surface area contributed by atoms with Crippen LogP contribution in [0.2, 0.25) is 0 Å². The Bertz CT molecular complexity index is 722. The summed E-state index contributed by atoms with van der Waals surface area (Å²) in [7, 11) is 0. The molecule has 3 rings (SSSR count). The van der Waals surface area contributed by atoms with Crippen LogP contribution in [0.4, 0.5) is 9.52 Å². The van der Waals surface area contributed by atoms with Crippen molar-refractivity contribution in [3.63, 3.8) is 0 Å². The fourth-order valence-corrected chi connectivity index (χ4v) is 3.03. The van der Waals surface area contributed by atoms with Crippen LogP contribution in [0.5, 0.6) is 0 Å². The van der Waals surface area contributed by atoms with Gasteiger partial charge in [-0.25, -0.2) is 9.37 Å². The third-order valence-electron chi connectivity index (χ3n) is 3.01. The van der Waals surface area contributed by atoms with Crippen LogP contribution < -0.4 is 5.73 Å². The van der Waals surface area contributed by atoms with E-state index in [1.54, 1.807) is 12.1 Å². The van der Waals surface area contributed by atoms with E-state index in [0.29, 0.717) is 11.6 Å². The first-order chi connectivity index (χ1) is 9.72. The summed E-state index contributed by atoms with van der Waals surface area (Å²) in [4.78, 5) is 5.46. The predicted octanol–water partition coefficient (Wildman–Crippen LogP) is 4.12. The molecule has 0 fully saturated rings. The van der Waals surface area contributed by atoms with Crippen LogP contribution in [-0.2, 0) is 6.42 Å². The smallest absolute Gasteiger partial charge is 0.180 e. The standard InChI is InChI=1S/C16H13FN2S/c17-13-8-4-5-11(9-13)10-14-15(19-16(18)20-14)12-6-2-1-3-7-12/h1-9H,10H2,(H2,18,19). The van der Waals surface area contributed by atoms with Gasteiger partial charge in [0.2, 0.25) is 0 Å². The molecule has 0 aliphatic heterocycles. The Morgan fingerprint density at radius 2 is 1.85 bits per heavy atom. The maximum atomic E-state index is 13.3. The summed E-state index contributed by atoms with van der Waals surface area (Å²) >= 11 is 1.45. The Morgan fingerprint density at radius 3 is 2.60 bits per heavy atom. The van der Waals surface area contributed by atoms with Crippen molar-refractivity contribution in [1.82, 2.24) is 4.98 Å². The first kappa shape index (κ1) is 12.8. The SMILES string of the molecule is Nc1nc(-c2ccccc2)c(Cc2cccc(F)c2)s1. The number of nitrogens with two attached hydrogens (primary N) is 1.